The van der Waals surface area contributed by atoms with Gasteiger partial charge < -0.3 is 15.4 Å². The molecular formula is C22H24N4O4. The first-order chi connectivity index (χ1) is 14.5. The van der Waals surface area contributed by atoms with Gasteiger partial charge in [-0.2, -0.15) is 0 Å². The smallest absolute Gasteiger partial charge is 0.328 e. The Morgan fingerprint density at radius 3 is 2.77 bits per heavy atom. The number of hydrogen-bond acceptors (Lipinski definition) is 5. The van der Waals surface area contributed by atoms with E-state index in [9.17, 15) is 14.4 Å². The summed E-state index contributed by atoms with van der Waals surface area (Å²) < 4.78 is 5.41. The molecule has 0 aromatic heterocycles. The van der Waals surface area contributed by atoms with E-state index in [2.05, 4.69) is 22.0 Å². The van der Waals surface area contributed by atoms with E-state index in [0.717, 1.165) is 31.6 Å². The minimum atomic E-state index is -0.500. The lowest BCUT2D eigenvalue weighted by Crippen LogP contribution is -2.49. The maximum Gasteiger partial charge on any atom is 0.328 e. The van der Waals surface area contributed by atoms with Crippen molar-refractivity contribution in [1.29, 1.82) is 0 Å². The molecule has 0 radical (unpaired) electrons. The van der Waals surface area contributed by atoms with Gasteiger partial charge in [0.1, 0.15) is 5.75 Å². The molecule has 8 heteroatoms. The predicted molar refractivity (Wildman–Crippen MR) is 113 cm³/mol. The first-order valence-electron chi connectivity index (χ1n) is 9.98. The number of nitrogens with zero attached hydrogens (tertiary/aromatic N) is 1. The Labute approximate surface area is 174 Å². The quantitative estimate of drug-likeness (QED) is 0.722. The highest BCUT2D eigenvalue weighted by molar-refractivity contribution is 6.08. The van der Waals surface area contributed by atoms with E-state index in [4.69, 9.17) is 4.74 Å². The second-order valence-electron chi connectivity index (χ2n) is 7.36. The van der Waals surface area contributed by atoms with E-state index >= 15 is 0 Å². The standard InChI is InChI=1S/C22H24N4O4/c1-30-19-12-15(5-7-18(19)26-10-8-20(27)25-22(26)29)21(28)24-17-6-4-14-3-2-9-23-13-16(14)11-17/h4-7,11-12,23H,2-3,8-10,13H2,1H3,(H,24,28)(H,25,27,29). The molecule has 1 fully saturated rings. The van der Waals surface area contributed by atoms with Crippen molar-refractivity contribution in [2.24, 2.45) is 0 Å². The second kappa shape index (κ2) is 8.54. The van der Waals surface area contributed by atoms with Gasteiger partial charge in [0.05, 0.1) is 12.8 Å². The van der Waals surface area contributed by atoms with Crippen molar-refractivity contribution in [3.8, 4) is 5.75 Å². The molecule has 3 N–H and O–H groups in total. The Balaban J connectivity index is 1.53. The van der Waals surface area contributed by atoms with Gasteiger partial charge in [0, 0.05) is 30.8 Å². The van der Waals surface area contributed by atoms with Gasteiger partial charge in [0.2, 0.25) is 5.91 Å². The maximum absolute atomic E-state index is 12.8. The number of anilines is 2. The van der Waals surface area contributed by atoms with Crippen molar-refractivity contribution in [3.05, 3.63) is 53.1 Å². The Kier molecular flexibility index (Phi) is 5.67. The molecule has 4 rings (SSSR count). The van der Waals surface area contributed by atoms with Gasteiger partial charge in [-0.3, -0.25) is 19.8 Å². The number of methoxy groups -OCH3 is 1. The van der Waals surface area contributed by atoms with E-state index in [1.807, 2.05) is 12.1 Å². The first-order valence-corrected chi connectivity index (χ1v) is 9.98. The third kappa shape index (κ3) is 4.13. The largest absolute Gasteiger partial charge is 0.495 e. The number of amides is 4. The average Bonchev–Trinajstić information content (AvgIpc) is 2.98. The summed E-state index contributed by atoms with van der Waals surface area (Å²) in [7, 11) is 1.48. The molecule has 0 bridgehead atoms. The van der Waals surface area contributed by atoms with Crippen molar-refractivity contribution in [3.63, 3.8) is 0 Å². The fraction of sp³-hybridized carbons (Fsp3) is 0.318. The number of hydrogen-bond donors (Lipinski definition) is 3. The van der Waals surface area contributed by atoms with Crippen molar-refractivity contribution in [2.75, 3.05) is 30.4 Å². The number of rotatable bonds is 4. The molecule has 8 nitrogen and oxygen atoms in total. The number of imide groups is 1. The monoisotopic (exact) mass is 408 g/mol. The van der Waals surface area contributed by atoms with Crippen LogP contribution >= 0.6 is 0 Å². The molecule has 30 heavy (non-hydrogen) atoms. The normalized spacial score (nSPS) is 16.4. The fourth-order valence-corrected chi connectivity index (χ4v) is 3.78. The number of fused-ring (bicyclic) bond motifs is 1. The summed E-state index contributed by atoms with van der Waals surface area (Å²) in [5, 5.41) is 8.61. The number of urea groups is 1. The third-order valence-electron chi connectivity index (χ3n) is 5.37. The molecule has 2 heterocycles. The molecule has 1 saturated heterocycles. The third-order valence-corrected chi connectivity index (χ3v) is 5.37. The topological polar surface area (TPSA) is 99.8 Å². The van der Waals surface area contributed by atoms with Crippen molar-refractivity contribution in [2.45, 2.75) is 25.8 Å². The van der Waals surface area contributed by atoms with Crippen molar-refractivity contribution < 1.29 is 19.1 Å². The summed E-state index contributed by atoms with van der Waals surface area (Å²) >= 11 is 0. The molecule has 0 unspecified atom stereocenters. The summed E-state index contributed by atoms with van der Waals surface area (Å²) in [6.45, 7) is 2.05. The number of carbonyl (C=O) groups is 3. The van der Waals surface area contributed by atoms with E-state index in [-0.39, 0.29) is 24.8 Å². The van der Waals surface area contributed by atoms with Crippen LogP contribution in [0.25, 0.3) is 0 Å². The van der Waals surface area contributed by atoms with Crippen LogP contribution in [0.5, 0.6) is 5.75 Å². The molecule has 156 valence electrons. The molecule has 0 spiro atoms. The molecule has 2 aromatic rings. The summed E-state index contributed by atoms with van der Waals surface area (Å²) in [6, 6.07) is 10.4. The van der Waals surface area contributed by atoms with Crippen LogP contribution in [-0.2, 0) is 17.8 Å². The lowest BCUT2D eigenvalue weighted by molar-refractivity contribution is -0.120. The van der Waals surface area contributed by atoms with Crippen LogP contribution in [-0.4, -0.2) is 38.0 Å². The zero-order valence-corrected chi connectivity index (χ0v) is 16.8. The van der Waals surface area contributed by atoms with E-state index in [0.29, 0.717) is 17.0 Å². The van der Waals surface area contributed by atoms with Gasteiger partial charge in [0.25, 0.3) is 5.91 Å². The molecule has 0 aliphatic carbocycles. The van der Waals surface area contributed by atoms with Crippen LogP contribution in [0.4, 0.5) is 16.2 Å². The van der Waals surface area contributed by atoms with Gasteiger partial charge in [-0.25, -0.2) is 4.79 Å². The minimum Gasteiger partial charge on any atom is -0.495 e. The van der Waals surface area contributed by atoms with E-state index < -0.39 is 6.03 Å². The molecule has 2 aliphatic heterocycles. The molecule has 4 amide bonds. The maximum atomic E-state index is 12.8. The fourth-order valence-electron chi connectivity index (χ4n) is 3.78. The van der Waals surface area contributed by atoms with Crippen molar-refractivity contribution >= 4 is 29.2 Å². The highest BCUT2D eigenvalue weighted by Gasteiger charge is 2.27. The number of benzene rings is 2. The van der Waals surface area contributed by atoms with Gasteiger partial charge in [-0.1, -0.05) is 6.07 Å². The Hall–Kier alpha value is -3.39. The SMILES string of the molecule is COc1cc(C(=O)Nc2ccc3c(c2)CNCCC3)ccc1N1CCC(=O)NC1=O. The van der Waals surface area contributed by atoms with Crippen LogP contribution in [0, 0.1) is 0 Å². The summed E-state index contributed by atoms with van der Waals surface area (Å²) in [4.78, 5) is 37.7. The molecule has 0 saturated carbocycles. The predicted octanol–water partition coefficient (Wildman–Crippen LogP) is 2.43. The van der Waals surface area contributed by atoms with Gasteiger partial charge in [-0.15, -0.1) is 0 Å². The van der Waals surface area contributed by atoms with E-state index in [1.54, 1.807) is 18.2 Å². The van der Waals surface area contributed by atoms with Crippen LogP contribution in [0.3, 0.4) is 0 Å². The highest BCUT2D eigenvalue weighted by Crippen LogP contribution is 2.31. The first kappa shape index (κ1) is 19.9. The van der Waals surface area contributed by atoms with Crippen LogP contribution in [0.2, 0.25) is 0 Å². The van der Waals surface area contributed by atoms with Crippen LogP contribution < -0.4 is 25.6 Å². The van der Waals surface area contributed by atoms with Gasteiger partial charge in [-0.05, 0) is 60.8 Å². The van der Waals surface area contributed by atoms with Gasteiger partial charge in [0.15, 0.2) is 0 Å². The Morgan fingerprint density at radius 1 is 1.10 bits per heavy atom. The molecule has 0 atom stereocenters. The molecule has 2 aromatic carbocycles. The van der Waals surface area contributed by atoms with E-state index in [1.165, 1.54) is 23.1 Å². The highest BCUT2D eigenvalue weighted by atomic mass is 16.5. The molecular weight excluding hydrogens is 384 g/mol. The van der Waals surface area contributed by atoms with Crippen LogP contribution in [0.15, 0.2) is 36.4 Å². The average molecular weight is 408 g/mol. The summed E-state index contributed by atoms with van der Waals surface area (Å²) in [5.74, 6) is -0.180. The second-order valence-corrected chi connectivity index (χ2v) is 7.36. The zero-order valence-electron chi connectivity index (χ0n) is 16.8. The number of ether oxygens (including phenoxy) is 1. The lowest BCUT2D eigenvalue weighted by Gasteiger charge is -2.28. The number of carbonyl (C=O) groups excluding carboxylic acids is 3. The summed E-state index contributed by atoms with van der Waals surface area (Å²) in [5.41, 5.74) is 4.16. The number of nitrogens with one attached hydrogen (secondary N) is 3. The lowest BCUT2D eigenvalue weighted by atomic mass is 10.0. The van der Waals surface area contributed by atoms with Gasteiger partial charge >= 0.3 is 6.03 Å². The van der Waals surface area contributed by atoms with Crippen LogP contribution in [0.1, 0.15) is 34.3 Å². The summed E-state index contributed by atoms with van der Waals surface area (Å²) in [6.07, 6.45) is 2.35. The zero-order chi connectivity index (χ0) is 21.1. The minimum absolute atomic E-state index is 0.213. The Morgan fingerprint density at radius 2 is 1.97 bits per heavy atom. The Bertz CT molecular complexity index is 1000. The number of aryl methyl sites for hydroxylation is 1. The van der Waals surface area contributed by atoms with Crippen molar-refractivity contribution in [1.82, 2.24) is 10.6 Å². The molecule has 2 aliphatic rings.